The zero-order chi connectivity index (χ0) is 82.5. The number of carbonyl (C=O) groups excluding carboxylic acids is 3. The van der Waals surface area contributed by atoms with Crippen LogP contribution >= 0.6 is 11.3 Å². The van der Waals surface area contributed by atoms with Gasteiger partial charge in [0.1, 0.15) is 0 Å². The van der Waals surface area contributed by atoms with E-state index in [1.54, 1.807) is 66.8 Å². The van der Waals surface area contributed by atoms with E-state index in [1.165, 1.54) is 94.8 Å². The molecule has 123 heavy (non-hydrogen) atoms. The Morgan fingerprint density at radius 2 is 0.667 bits per heavy atom. The van der Waals surface area contributed by atoms with E-state index in [0.717, 1.165) is 99.6 Å². The number of allylic oxidation sites excluding steroid dienone is 6. The summed E-state index contributed by atoms with van der Waals surface area (Å²) in [5.41, 5.74) is 13.2. The maximum Gasteiger partial charge on any atom is 0.155 e. The van der Waals surface area contributed by atoms with Crippen LogP contribution in [0.15, 0.2) is 375 Å². The number of nitrogens with zero attached hydrogens (tertiary/aromatic N) is 8. The van der Waals surface area contributed by atoms with Crippen molar-refractivity contribution in [1.29, 1.82) is 0 Å². The van der Waals surface area contributed by atoms with Gasteiger partial charge in [-0.2, -0.15) is 12.1 Å². The first-order valence-corrected chi connectivity index (χ1v) is 37.0. The molecule has 0 bridgehead atoms. The Balaban J connectivity index is 0.000000690. The first-order chi connectivity index (χ1) is 56.3. The third-order valence-corrected chi connectivity index (χ3v) is 16.1. The first-order valence-electron chi connectivity index (χ1n) is 36.1. The molecule has 0 spiro atoms. The van der Waals surface area contributed by atoms with Gasteiger partial charge in [0, 0.05) is 207 Å². The minimum absolute atomic E-state index is 0. The molecule has 0 aliphatic carbocycles. The summed E-state index contributed by atoms with van der Waals surface area (Å²) >= 11 is 1.66. The molecule has 0 amide bonds. The Bertz CT molecular complexity index is 5500. The predicted octanol–water partition coefficient (Wildman–Crippen LogP) is 20.8. The molecule has 0 saturated heterocycles. The molecule has 643 valence electrons. The summed E-state index contributed by atoms with van der Waals surface area (Å²) in [5, 5.41) is 33.0. The van der Waals surface area contributed by atoms with Crippen molar-refractivity contribution in [1.82, 2.24) is 39.9 Å². The summed E-state index contributed by atoms with van der Waals surface area (Å²) in [6.07, 6.45) is 15.9. The van der Waals surface area contributed by atoms with Gasteiger partial charge in [0.05, 0.1) is 33.8 Å². The van der Waals surface area contributed by atoms with E-state index in [1.807, 2.05) is 193 Å². The van der Waals surface area contributed by atoms with Crippen LogP contribution in [0, 0.1) is 48.0 Å². The van der Waals surface area contributed by atoms with Crippen molar-refractivity contribution in [2.45, 2.75) is 41.5 Å². The number of para-hydroxylation sites is 1. The van der Waals surface area contributed by atoms with Gasteiger partial charge >= 0.3 is 0 Å². The number of ketones is 3. The van der Waals surface area contributed by atoms with Gasteiger partial charge in [-0.05, 0) is 130 Å². The van der Waals surface area contributed by atoms with Gasteiger partial charge in [-0.1, -0.05) is 150 Å². The minimum atomic E-state index is -0.278. The summed E-state index contributed by atoms with van der Waals surface area (Å²) < 4.78 is 25.1. The molecule has 0 unspecified atom stereocenters. The summed E-state index contributed by atoms with van der Waals surface area (Å²) in [6.45, 7) is 8.54. The maximum atomic E-state index is 12.6. The van der Waals surface area contributed by atoms with Gasteiger partial charge in [0.2, 0.25) is 0 Å². The molecular formula is C99H80ClF2Ir2N8O6Pt3RhS-7. The Kier molecular flexibility index (Phi) is 56.2. The minimum Gasteiger partial charge on any atom is -1.00 e. The van der Waals surface area contributed by atoms with Crippen LogP contribution in [0.3, 0.4) is 0 Å². The largest absolute Gasteiger partial charge is 1.00 e. The van der Waals surface area contributed by atoms with Gasteiger partial charge in [0.15, 0.2) is 17.3 Å². The molecule has 9 heterocycles. The van der Waals surface area contributed by atoms with Gasteiger partial charge in [-0.15, -0.1) is 166 Å². The van der Waals surface area contributed by atoms with Crippen molar-refractivity contribution in [2.24, 2.45) is 0 Å². The molecule has 9 aromatic heterocycles. The third kappa shape index (κ3) is 41.5. The van der Waals surface area contributed by atoms with Crippen LogP contribution in [0.25, 0.3) is 110 Å². The molecule has 0 fully saturated rings. The Morgan fingerprint density at radius 1 is 0.325 bits per heavy atom. The number of hydrogen-bond donors (Lipinski definition) is 3. The number of hydrogen-bond acceptors (Lipinski definition) is 15. The monoisotopic (exact) mass is 2660 g/mol. The fourth-order valence-electron chi connectivity index (χ4n) is 10.3. The van der Waals surface area contributed by atoms with Crippen molar-refractivity contribution in [3.8, 4) is 66.9 Å². The van der Waals surface area contributed by atoms with E-state index < -0.39 is 0 Å². The number of fused-ring (bicyclic) bond motifs is 5. The molecule has 0 saturated carbocycles. The van der Waals surface area contributed by atoms with E-state index in [4.69, 9.17) is 20.3 Å². The van der Waals surface area contributed by atoms with Crippen molar-refractivity contribution >= 4 is 72.2 Å². The summed E-state index contributed by atoms with van der Waals surface area (Å²) in [6, 6.07) is 110. The summed E-state index contributed by atoms with van der Waals surface area (Å²) in [5.74, 6) is -0.744. The topological polar surface area (TPSA) is 215 Å². The van der Waals surface area contributed by atoms with E-state index in [2.05, 4.69) is 138 Å². The molecule has 17 rings (SSSR count). The number of aliphatic hydroxyl groups excluding tert-OH is 3. The fraction of sp³-hybridized carbons (Fsp3) is 0.0606. The molecule has 3 radical (unpaired) electrons. The molecule has 0 aliphatic rings. The second-order valence-corrected chi connectivity index (χ2v) is 25.5. The van der Waals surface area contributed by atoms with Crippen molar-refractivity contribution < 1.29 is 174 Å². The predicted molar refractivity (Wildman–Crippen MR) is 462 cm³/mol. The average molecular weight is 2660 g/mol. The quantitative estimate of drug-likeness (QED) is 0.0403. The number of aliphatic hydroxyl groups is 3. The summed E-state index contributed by atoms with van der Waals surface area (Å²) in [4.78, 5) is 65.5. The molecule has 0 atom stereocenters. The number of rotatable bonds is 9. The Morgan fingerprint density at radius 3 is 1.01 bits per heavy atom. The third-order valence-electron chi connectivity index (χ3n) is 15.2. The number of aromatic nitrogens is 8. The normalized spacial score (nSPS) is 9.84. The van der Waals surface area contributed by atoms with Gasteiger partial charge in [-0.25, -0.2) is 11.3 Å². The van der Waals surface area contributed by atoms with Crippen LogP contribution in [0.5, 0.6) is 0 Å². The molecule has 0 aliphatic heterocycles. The number of pyridine rings is 8. The fourth-order valence-corrected chi connectivity index (χ4v) is 10.9. The molecule has 3 N–H and O–H groups in total. The number of halogens is 3. The van der Waals surface area contributed by atoms with Crippen LogP contribution < -0.4 is 12.4 Å². The molecule has 24 heteroatoms. The number of carbonyl (C=O) groups is 3. The molecule has 14 nitrogen and oxygen atoms in total. The molecular weight excluding hydrogens is 2580 g/mol. The second kappa shape index (κ2) is 62.5. The van der Waals surface area contributed by atoms with E-state index >= 15 is 0 Å². The first kappa shape index (κ1) is 110. The van der Waals surface area contributed by atoms with E-state index in [-0.39, 0.29) is 182 Å². The maximum absolute atomic E-state index is 12.6. The van der Waals surface area contributed by atoms with E-state index in [0.29, 0.717) is 0 Å². The standard InChI is InChI=1S/C19H12N.C12H8N2.2C11H7FN.2C11H8N.C9H6NS.3C5H8O2.ClH.2Ir.3Pt.Rh/c1-2-7-16-13-17(10-9-14(16)5-1)19-12-11-15-6-3-4-8-18(15)20-19;1-3-9-5-6-10-4-2-8-14-12(10)11(9)13-7-1;2*12-10-6-4-9(5-7-10)11-3-1-2-8-13-11;2*1-2-6-10(7-3-1)11-8-4-5-9-12-11;1-2-6-10-8(4-1)9-5-3-7-11-9;3*1-4(6)3-5(2)7;;;;;;;/h1-9,11-13H;1-8H;2*1-4,6-8H;2*1-6,8-9H;1-4,6-7H;3*3,6H,1-2H3;1H;;;;;;/q-1;;5*-1;;;;;;;;;;/p-1. The SMILES string of the molecule is CC(=O)C=C(C)O.CC(=O)C=C(C)O.CC(=O)C=C(C)O.Fc1c[c-]c(-c2ccccn2)cc1.Fc1c[c-]c(-c2ccccn2)cc1.[Cl-].[Ir].[Ir].[Pt].[Pt].[Pt].[Rh].[c-]1cc2ccccc2cc1-c1ccc2ccccc2n1.[c-]1ccccc1-c1ccccn1.[c-]1ccccc1-c1ccccn1.[c-]1ccsc1-c1ccccn1.c1cnc2c(c1)ccc1cccnc12. The Hall–Kier alpha value is -10.5. The summed E-state index contributed by atoms with van der Waals surface area (Å²) in [7, 11) is 0. The van der Waals surface area contributed by atoms with Gasteiger partial charge < -0.3 is 52.6 Å². The Labute approximate surface area is 809 Å². The van der Waals surface area contributed by atoms with Crippen molar-refractivity contribution in [3.63, 3.8) is 0 Å². The van der Waals surface area contributed by atoms with Crippen molar-refractivity contribution in [3.05, 3.63) is 423 Å². The average Bonchev–Trinajstić information content (AvgIpc) is 0.989. The van der Waals surface area contributed by atoms with Gasteiger partial charge in [0.25, 0.3) is 0 Å². The van der Waals surface area contributed by atoms with E-state index in [9.17, 15) is 23.2 Å². The van der Waals surface area contributed by atoms with Crippen LogP contribution in [-0.2, 0) is 137 Å². The zero-order valence-corrected chi connectivity index (χ0v) is 81.5. The molecule has 8 aromatic carbocycles. The second-order valence-electron chi connectivity index (χ2n) is 24.6. The van der Waals surface area contributed by atoms with Crippen LogP contribution in [0.4, 0.5) is 8.78 Å². The molecule has 17 aromatic rings. The zero-order valence-electron chi connectivity index (χ0n) is 66.7. The van der Waals surface area contributed by atoms with Crippen LogP contribution in [0.1, 0.15) is 41.5 Å². The number of benzene rings is 8. The number of thiophene rings is 1. The van der Waals surface area contributed by atoms with Gasteiger partial charge in [-0.3, -0.25) is 38.1 Å². The smallest absolute Gasteiger partial charge is 0.155 e. The van der Waals surface area contributed by atoms with Crippen LogP contribution in [-0.4, -0.2) is 72.5 Å². The van der Waals surface area contributed by atoms with Crippen LogP contribution in [0.2, 0.25) is 0 Å². The van der Waals surface area contributed by atoms with Crippen molar-refractivity contribution in [2.75, 3.05) is 0 Å².